The molecule has 0 aliphatic rings. The van der Waals surface area contributed by atoms with Crippen LogP contribution in [0.15, 0.2) is 0 Å². The van der Waals surface area contributed by atoms with Crippen molar-refractivity contribution in [2.75, 3.05) is 0 Å². The van der Waals surface area contributed by atoms with Gasteiger partial charge in [-0.2, -0.15) is 0 Å². The van der Waals surface area contributed by atoms with Crippen LogP contribution in [-0.2, 0) is 0 Å². The SMILES string of the molecule is CC(Cl)C(I)(I)I. The Kier molecular flexibility index (Phi) is 4.88. The van der Waals surface area contributed by atoms with Crippen LogP contribution in [0.1, 0.15) is 6.92 Å². The quantitative estimate of drug-likeness (QED) is 0.418. The fraction of sp³-hybridized carbons (Fsp3) is 1.00. The third-order valence-corrected chi connectivity index (χ3v) is 4.69. The highest BCUT2D eigenvalue weighted by Gasteiger charge is 2.23. The molecule has 0 nitrogen and oxygen atoms in total. The van der Waals surface area contributed by atoms with Crippen molar-refractivity contribution in [3.63, 3.8) is 0 Å². The highest BCUT2D eigenvalue weighted by molar-refractivity contribution is 14.3. The molecule has 0 aliphatic carbocycles. The summed E-state index contributed by atoms with van der Waals surface area (Å²) in [5, 5.41) is 0.231. The van der Waals surface area contributed by atoms with E-state index in [-0.39, 0.29) is 4.81 Å². The Hall–Kier alpha value is 2.48. The molecule has 4 heteroatoms. The van der Waals surface area contributed by atoms with Gasteiger partial charge in [-0.05, 0) is 6.92 Å². The number of rotatable bonds is 1. The van der Waals surface area contributed by atoms with E-state index in [0.717, 1.165) is 0 Å². The minimum Gasteiger partial charge on any atom is -0.120 e. The Morgan fingerprint density at radius 1 is 1.43 bits per heavy atom. The van der Waals surface area contributed by atoms with Crippen LogP contribution < -0.4 is 0 Å². The molecule has 0 heterocycles. The molecule has 7 heavy (non-hydrogen) atoms. The average molecular weight is 456 g/mol. The molecule has 0 fully saturated rings. The van der Waals surface area contributed by atoms with Crippen LogP contribution in [0.5, 0.6) is 0 Å². The van der Waals surface area contributed by atoms with Crippen LogP contribution >= 0.6 is 79.4 Å². The molecule has 0 saturated heterocycles. The van der Waals surface area contributed by atoms with E-state index in [1.807, 2.05) is 6.92 Å². The number of hydrogen-bond acceptors (Lipinski definition) is 0. The summed E-state index contributed by atoms with van der Waals surface area (Å²) >= 11 is 12.7. The van der Waals surface area contributed by atoms with Gasteiger partial charge in [-0.25, -0.2) is 0 Å². The Morgan fingerprint density at radius 2 is 1.57 bits per heavy atom. The van der Waals surface area contributed by atoms with E-state index in [1.54, 1.807) is 0 Å². The van der Waals surface area contributed by atoms with Gasteiger partial charge in [-0.3, -0.25) is 0 Å². The predicted molar refractivity (Wildman–Crippen MR) is 60.1 cm³/mol. The van der Waals surface area contributed by atoms with Crippen LogP contribution in [0.25, 0.3) is 0 Å². The smallest absolute Gasteiger partial charge is 0.120 e. The fourth-order valence-corrected chi connectivity index (χ4v) is 0. The molecule has 0 aromatic heterocycles. The maximum Gasteiger partial charge on any atom is 0.140 e. The first-order valence-electron chi connectivity index (χ1n) is 1.65. The van der Waals surface area contributed by atoms with Crippen molar-refractivity contribution in [1.29, 1.82) is 0 Å². The molecule has 0 aromatic carbocycles. The van der Waals surface area contributed by atoms with Crippen LogP contribution in [0.4, 0.5) is 0 Å². The van der Waals surface area contributed by atoms with Gasteiger partial charge in [0, 0.05) is 0 Å². The standard InChI is InChI=1S/C3H4ClI3/c1-2(4)3(5,6)7/h2H,1H3. The molecular weight excluding hydrogens is 452 g/mol. The molecular formula is C3H4ClI3. The van der Waals surface area contributed by atoms with Crippen LogP contribution in [0.2, 0.25) is 0 Å². The molecule has 0 N–H and O–H groups in total. The number of halogens is 4. The van der Waals surface area contributed by atoms with Crippen LogP contribution in [0, 0.1) is 0 Å². The molecule has 0 spiro atoms. The van der Waals surface area contributed by atoms with E-state index >= 15 is 0 Å². The van der Waals surface area contributed by atoms with E-state index < -0.39 is 0 Å². The normalized spacial score (nSPS) is 16.7. The van der Waals surface area contributed by atoms with Gasteiger partial charge in [0.25, 0.3) is 0 Å². The van der Waals surface area contributed by atoms with E-state index in [0.29, 0.717) is 0 Å². The topological polar surface area (TPSA) is 0 Å². The van der Waals surface area contributed by atoms with E-state index in [1.165, 1.54) is 0 Å². The van der Waals surface area contributed by atoms with Crippen molar-refractivity contribution in [3.05, 3.63) is 0 Å². The molecule has 0 radical (unpaired) electrons. The number of hydrogen-bond donors (Lipinski definition) is 0. The zero-order valence-electron chi connectivity index (χ0n) is 3.59. The first-order chi connectivity index (χ1) is 2.94. The van der Waals surface area contributed by atoms with Crippen molar-refractivity contribution < 1.29 is 0 Å². The molecule has 44 valence electrons. The fourth-order valence-electron chi connectivity index (χ4n) is 0. The Balaban J connectivity index is 3.54. The molecule has 0 aromatic rings. The maximum absolute atomic E-state index is 5.73. The third kappa shape index (κ3) is 4.95. The minimum absolute atomic E-state index is 0.175. The first-order valence-corrected chi connectivity index (χ1v) is 5.32. The van der Waals surface area contributed by atoms with Gasteiger partial charge < -0.3 is 0 Å². The lowest BCUT2D eigenvalue weighted by molar-refractivity contribution is 1.10. The zero-order chi connectivity index (χ0) is 6.08. The highest BCUT2D eigenvalue weighted by Crippen LogP contribution is 2.41. The molecule has 0 saturated carbocycles. The second-order valence-electron chi connectivity index (χ2n) is 1.16. The van der Waals surface area contributed by atoms with E-state index in [9.17, 15) is 0 Å². The largest absolute Gasteiger partial charge is 0.140 e. The Labute approximate surface area is 89.6 Å². The number of alkyl halides is 4. The first kappa shape index (κ1) is 9.48. The average Bonchev–Trinajstić information content (AvgIpc) is 1.31. The van der Waals surface area contributed by atoms with Crippen LogP contribution in [0.3, 0.4) is 0 Å². The van der Waals surface area contributed by atoms with E-state index in [4.69, 9.17) is 11.6 Å². The third-order valence-electron chi connectivity index (χ3n) is 0.451. The summed E-state index contributed by atoms with van der Waals surface area (Å²) in [7, 11) is 0. The monoisotopic (exact) mass is 456 g/mol. The summed E-state index contributed by atoms with van der Waals surface area (Å²) in [5.41, 5.74) is 0. The summed E-state index contributed by atoms with van der Waals surface area (Å²) in [6.07, 6.45) is 0. The summed E-state index contributed by atoms with van der Waals surface area (Å²) in [6, 6.07) is 0. The van der Waals surface area contributed by atoms with Crippen molar-refractivity contribution in [2.45, 2.75) is 11.7 Å². The lowest BCUT2D eigenvalue weighted by Gasteiger charge is -2.13. The molecule has 0 aliphatic heterocycles. The lowest BCUT2D eigenvalue weighted by atomic mass is 10.6. The molecule has 1 atom stereocenters. The molecule has 0 bridgehead atoms. The van der Waals surface area contributed by atoms with E-state index in [2.05, 4.69) is 67.8 Å². The predicted octanol–water partition coefficient (Wildman–Crippen LogP) is 3.57. The summed E-state index contributed by atoms with van der Waals surface area (Å²) in [5.74, 6) is 0. The van der Waals surface area contributed by atoms with Crippen molar-refractivity contribution in [3.8, 4) is 0 Å². The van der Waals surface area contributed by atoms with Crippen molar-refractivity contribution in [1.82, 2.24) is 0 Å². The van der Waals surface area contributed by atoms with Crippen molar-refractivity contribution >= 4 is 79.4 Å². The van der Waals surface area contributed by atoms with Crippen molar-refractivity contribution in [2.24, 2.45) is 0 Å². The van der Waals surface area contributed by atoms with Gasteiger partial charge in [-0.15, -0.1) is 11.6 Å². The minimum atomic E-state index is 0.175. The summed E-state index contributed by atoms with van der Waals surface area (Å²) in [4.78, 5) is 0. The van der Waals surface area contributed by atoms with Gasteiger partial charge in [0.05, 0.1) is 5.38 Å². The molecule has 0 rings (SSSR count). The molecule has 1 unspecified atom stereocenters. The second kappa shape index (κ2) is 3.60. The Bertz CT molecular complexity index is 55.7. The summed E-state index contributed by atoms with van der Waals surface area (Å²) < 4.78 is 0.175. The van der Waals surface area contributed by atoms with Gasteiger partial charge >= 0.3 is 0 Å². The highest BCUT2D eigenvalue weighted by atomic mass is 127. The Morgan fingerprint density at radius 3 is 1.57 bits per heavy atom. The second-order valence-corrected chi connectivity index (χ2v) is 13.1. The zero-order valence-corrected chi connectivity index (χ0v) is 10.8. The lowest BCUT2D eigenvalue weighted by Crippen LogP contribution is -2.11. The molecule has 0 amide bonds. The van der Waals surface area contributed by atoms with Gasteiger partial charge in [-0.1, -0.05) is 67.8 Å². The van der Waals surface area contributed by atoms with Gasteiger partial charge in [0.15, 0.2) is 0 Å². The summed E-state index contributed by atoms with van der Waals surface area (Å²) in [6.45, 7) is 1.99. The van der Waals surface area contributed by atoms with Gasteiger partial charge in [0.2, 0.25) is 0 Å². The van der Waals surface area contributed by atoms with Gasteiger partial charge in [0.1, 0.15) is -0.565 Å². The van der Waals surface area contributed by atoms with Crippen LogP contribution in [-0.4, -0.2) is 4.81 Å². The maximum atomic E-state index is 5.73.